The molecule has 34 heavy (non-hydrogen) atoms. The summed E-state index contributed by atoms with van der Waals surface area (Å²) in [4.78, 5) is 30.0. The van der Waals surface area contributed by atoms with Crippen LogP contribution < -0.4 is 21.7 Å². The number of sulfonamides is 1. The van der Waals surface area contributed by atoms with Crippen LogP contribution in [0.25, 0.3) is 11.2 Å². The molecule has 2 heterocycles. The van der Waals surface area contributed by atoms with Crippen molar-refractivity contribution >= 4 is 38.7 Å². The summed E-state index contributed by atoms with van der Waals surface area (Å²) in [6, 6.07) is 13.5. The highest BCUT2D eigenvalue weighted by Gasteiger charge is 2.19. The lowest BCUT2D eigenvalue weighted by Gasteiger charge is -2.11. The Kier molecular flexibility index (Phi) is 6.34. The lowest BCUT2D eigenvalue weighted by Crippen LogP contribution is -2.37. The summed E-state index contributed by atoms with van der Waals surface area (Å²) in [7, 11) is -0.745. The van der Waals surface area contributed by atoms with Crippen molar-refractivity contribution in [2.45, 2.75) is 17.9 Å². The van der Waals surface area contributed by atoms with Gasteiger partial charge in [-0.15, -0.1) is 0 Å². The van der Waals surface area contributed by atoms with E-state index in [4.69, 9.17) is 16.7 Å². The van der Waals surface area contributed by atoms with Crippen LogP contribution in [0.15, 0.2) is 63.0 Å². The molecule has 0 radical (unpaired) electrons. The van der Waals surface area contributed by atoms with E-state index in [-0.39, 0.29) is 10.5 Å². The smallest absolute Gasteiger partial charge is 0.332 e. The van der Waals surface area contributed by atoms with Crippen LogP contribution in [0.3, 0.4) is 0 Å². The summed E-state index contributed by atoms with van der Waals surface area (Å²) < 4.78 is 27.0. The summed E-state index contributed by atoms with van der Waals surface area (Å²) in [6.45, 7) is 0.791. The zero-order valence-corrected chi connectivity index (χ0v) is 20.1. The zero-order chi connectivity index (χ0) is 24.6. The largest absolute Gasteiger partial charge is 0.355 e. The van der Waals surface area contributed by atoms with Crippen molar-refractivity contribution in [2.24, 2.45) is 19.2 Å². The predicted molar refractivity (Wildman–Crippen MR) is 131 cm³/mol. The van der Waals surface area contributed by atoms with Gasteiger partial charge < -0.3 is 5.32 Å². The number of hydrogen-bond acceptors (Lipinski definition) is 6. The van der Waals surface area contributed by atoms with E-state index in [9.17, 15) is 18.0 Å². The molecule has 0 fully saturated rings. The minimum atomic E-state index is -3.75. The molecule has 2 aromatic heterocycles. The molecular formula is C22H23ClN6O4S. The summed E-state index contributed by atoms with van der Waals surface area (Å²) in [5.41, 5.74) is 1.48. The Balaban J connectivity index is 1.67. The fraction of sp³-hybridized carbons (Fsp3) is 0.227. The minimum Gasteiger partial charge on any atom is -0.355 e. The van der Waals surface area contributed by atoms with Crippen LogP contribution >= 0.6 is 11.6 Å². The molecular weight excluding hydrogens is 480 g/mol. The van der Waals surface area contributed by atoms with Gasteiger partial charge in [-0.2, -0.15) is 4.98 Å². The quantitative estimate of drug-likeness (QED) is 0.392. The molecule has 0 spiro atoms. The number of aryl methyl sites for hydroxylation is 1. The highest BCUT2D eigenvalue weighted by molar-refractivity contribution is 7.89. The molecule has 0 amide bonds. The third-order valence-corrected chi connectivity index (χ3v) is 6.73. The molecule has 2 aromatic carbocycles. The number of nitrogens with two attached hydrogens (primary N) is 1. The molecule has 4 rings (SSSR count). The second-order valence-electron chi connectivity index (χ2n) is 7.89. The number of rotatable bonds is 7. The summed E-state index contributed by atoms with van der Waals surface area (Å²) >= 11 is 6.00. The van der Waals surface area contributed by atoms with Crippen LogP contribution in [0.1, 0.15) is 11.1 Å². The fourth-order valence-corrected chi connectivity index (χ4v) is 4.31. The number of benzene rings is 2. The molecule has 0 aliphatic carbocycles. The fourth-order valence-electron chi connectivity index (χ4n) is 3.67. The van der Waals surface area contributed by atoms with Crippen molar-refractivity contribution in [1.82, 2.24) is 18.7 Å². The number of nitrogens with one attached hydrogen (secondary N) is 1. The molecule has 0 atom stereocenters. The number of hydrogen-bond donors (Lipinski definition) is 2. The highest BCUT2D eigenvalue weighted by atomic mass is 35.5. The molecule has 0 saturated heterocycles. The van der Waals surface area contributed by atoms with Crippen molar-refractivity contribution in [3.63, 3.8) is 0 Å². The lowest BCUT2D eigenvalue weighted by molar-refractivity contribution is 0.598. The number of aromatic nitrogens is 4. The normalized spacial score (nSPS) is 11.8. The monoisotopic (exact) mass is 502 g/mol. The van der Waals surface area contributed by atoms with E-state index in [1.165, 1.54) is 23.7 Å². The molecule has 0 bridgehead atoms. The minimum absolute atomic E-state index is 0.0470. The SMILES string of the molecule is Cn1c(=O)c2c(nc(NCCc3ccc(S(N)(=O)=O)cc3)n2Cc2ccc(Cl)cc2)n(C)c1=O. The average molecular weight is 503 g/mol. The van der Waals surface area contributed by atoms with Crippen molar-refractivity contribution in [1.29, 1.82) is 0 Å². The third-order valence-electron chi connectivity index (χ3n) is 5.55. The maximum absolute atomic E-state index is 13.0. The first-order valence-electron chi connectivity index (χ1n) is 10.3. The number of nitrogens with zero attached hydrogens (tertiary/aromatic N) is 4. The van der Waals surface area contributed by atoms with E-state index in [1.807, 2.05) is 12.1 Å². The second kappa shape index (κ2) is 9.09. The van der Waals surface area contributed by atoms with Gasteiger partial charge in [-0.25, -0.2) is 18.4 Å². The van der Waals surface area contributed by atoms with Gasteiger partial charge in [0.25, 0.3) is 5.56 Å². The van der Waals surface area contributed by atoms with Gasteiger partial charge in [-0.3, -0.25) is 18.5 Å². The van der Waals surface area contributed by atoms with Crippen LogP contribution in [0.4, 0.5) is 5.95 Å². The number of halogens is 1. The van der Waals surface area contributed by atoms with Gasteiger partial charge in [0.15, 0.2) is 11.2 Å². The highest BCUT2D eigenvalue weighted by Crippen LogP contribution is 2.19. The van der Waals surface area contributed by atoms with Gasteiger partial charge in [-0.05, 0) is 41.8 Å². The van der Waals surface area contributed by atoms with E-state index in [0.717, 1.165) is 15.7 Å². The van der Waals surface area contributed by atoms with Crippen LogP contribution in [0.5, 0.6) is 0 Å². The summed E-state index contributed by atoms with van der Waals surface area (Å²) in [5, 5.41) is 8.99. The van der Waals surface area contributed by atoms with E-state index >= 15 is 0 Å². The first-order valence-corrected chi connectivity index (χ1v) is 12.2. The Morgan fingerprint density at radius 1 is 0.971 bits per heavy atom. The Morgan fingerprint density at radius 2 is 1.59 bits per heavy atom. The van der Waals surface area contributed by atoms with Gasteiger partial charge in [0, 0.05) is 25.7 Å². The molecule has 12 heteroatoms. The number of fused-ring (bicyclic) bond motifs is 1. The summed E-state index contributed by atoms with van der Waals surface area (Å²) in [6.07, 6.45) is 0.561. The van der Waals surface area contributed by atoms with Crippen molar-refractivity contribution in [3.8, 4) is 0 Å². The first-order chi connectivity index (χ1) is 16.1. The van der Waals surface area contributed by atoms with Crippen molar-refractivity contribution < 1.29 is 8.42 Å². The number of primary sulfonamides is 1. The van der Waals surface area contributed by atoms with E-state index in [1.54, 1.807) is 35.9 Å². The predicted octanol–water partition coefficient (Wildman–Crippen LogP) is 1.44. The molecule has 3 N–H and O–H groups in total. The Morgan fingerprint density at radius 3 is 2.21 bits per heavy atom. The topological polar surface area (TPSA) is 134 Å². The Labute approximate surface area is 200 Å². The molecule has 4 aromatic rings. The maximum atomic E-state index is 13.0. The van der Waals surface area contributed by atoms with Gasteiger partial charge in [-0.1, -0.05) is 35.9 Å². The van der Waals surface area contributed by atoms with E-state index in [2.05, 4.69) is 10.3 Å². The van der Waals surface area contributed by atoms with Crippen molar-refractivity contribution in [2.75, 3.05) is 11.9 Å². The Bertz CT molecular complexity index is 1590. The standard InChI is InChI=1S/C22H23ClN6O4S/c1-27-19-18(20(30)28(2)22(27)31)29(13-15-3-7-16(23)8-4-15)21(26-19)25-12-11-14-5-9-17(10-6-14)34(24,32)33/h3-10H,11-13H2,1-2H3,(H,25,26)(H2,24,32,33). The number of anilines is 1. The van der Waals surface area contributed by atoms with Crippen LogP contribution in [0.2, 0.25) is 5.02 Å². The summed E-state index contributed by atoms with van der Waals surface area (Å²) in [5.74, 6) is 0.435. The molecule has 0 aliphatic heterocycles. The van der Waals surface area contributed by atoms with Gasteiger partial charge in [0.1, 0.15) is 0 Å². The van der Waals surface area contributed by atoms with Crippen LogP contribution in [-0.4, -0.2) is 33.6 Å². The molecule has 10 nitrogen and oxygen atoms in total. The zero-order valence-electron chi connectivity index (χ0n) is 18.5. The van der Waals surface area contributed by atoms with Crippen LogP contribution in [-0.2, 0) is 37.1 Å². The third kappa shape index (κ3) is 4.63. The molecule has 178 valence electrons. The average Bonchev–Trinajstić information content (AvgIpc) is 3.15. The first kappa shape index (κ1) is 23.7. The molecule has 0 aliphatic rings. The van der Waals surface area contributed by atoms with E-state index < -0.39 is 21.3 Å². The Hall–Kier alpha value is -3.41. The maximum Gasteiger partial charge on any atom is 0.332 e. The van der Waals surface area contributed by atoms with Gasteiger partial charge in [0.2, 0.25) is 16.0 Å². The van der Waals surface area contributed by atoms with Gasteiger partial charge in [0.05, 0.1) is 11.4 Å². The second-order valence-corrected chi connectivity index (χ2v) is 9.89. The van der Waals surface area contributed by atoms with Gasteiger partial charge >= 0.3 is 5.69 Å². The van der Waals surface area contributed by atoms with Crippen molar-refractivity contribution in [3.05, 3.63) is 85.5 Å². The van der Waals surface area contributed by atoms with Crippen LogP contribution in [0, 0.1) is 0 Å². The molecule has 0 saturated carbocycles. The lowest BCUT2D eigenvalue weighted by atomic mass is 10.1. The number of imidazole rings is 1. The van der Waals surface area contributed by atoms with E-state index in [0.29, 0.717) is 36.0 Å². The molecule has 0 unspecified atom stereocenters.